The molecular formula is C13H20N4O3. The van der Waals surface area contributed by atoms with Crippen molar-refractivity contribution in [2.24, 2.45) is 5.41 Å². The van der Waals surface area contributed by atoms with Crippen LogP contribution in [-0.2, 0) is 16.1 Å². The van der Waals surface area contributed by atoms with Crippen molar-refractivity contribution in [3.05, 3.63) is 5.82 Å². The maximum atomic E-state index is 11.6. The van der Waals surface area contributed by atoms with Gasteiger partial charge in [0, 0.05) is 12.5 Å². The van der Waals surface area contributed by atoms with E-state index < -0.39 is 11.4 Å². The first-order valence-corrected chi connectivity index (χ1v) is 7.23. The number of aromatic nitrogens is 4. The molecule has 0 amide bonds. The first kappa shape index (κ1) is 13.5. The summed E-state index contributed by atoms with van der Waals surface area (Å²) >= 11 is 0. The van der Waals surface area contributed by atoms with Crippen molar-refractivity contribution in [2.75, 3.05) is 6.61 Å². The lowest BCUT2D eigenvalue weighted by atomic mass is 9.86. The average molecular weight is 280 g/mol. The summed E-state index contributed by atoms with van der Waals surface area (Å²) in [7, 11) is 0. The molecule has 20 heavy (non-hydrogen) atoms. The highest BCUT2D eigenvalue weighted by Crippen LogP contribution is 2.40. The summed E-state index contributed by atoms with van der Waals surface area (Å²) in [5.41, 5.74) is -0.702. The fraction of sp³-hybridized carbons (Fsp3) is 0.846. The maximum Gasteiger partial charge on any atom is 0.311 e. The molecule has 2 heterocycles. The molecule has 1 aliphatic heterocycles. The number of carboxylic acids is 1. The van der Waals surface area contributed by atoms with E-state index in [0.717, 1.165) is 25.1 Å². The highest BCUT2D eigenvalue weighted by Gasteiger charge is 2.43. The topological polar surface area (TPSA) is 90.1 Å². The summed E-state index contributed by atoms with van der Waals surface area (Å²) in [6, 6.07) is 0. The zero-order chi connectivity index (χ0) is 14.2. The van der Waals surface area contributed by atoms with Crippen LogP contribution in [0.15, 0.2) is 0 Å². The molecule has 0 bridgehead atoms. The third-order valence-corrected chi connectivity index (χ3v) is 4.73. The SMILES string of the molecule is CC1OCCC1c1nnnn1CC1(C(=O)O)CCCC1. The van der Waals surface area contributed by atoms with E-state index in [0.29, 0.717) is 26.0 Å². The number of ether oxygens (including phenoxy) is 1. The van der Waals surface area contributed by atoms with E-state index >= 15 is 0 Å². The highest BCUT2D eigenvalue weighted by molar-refractivity contribution is 5.74. The molecule has 1 aromatic rings. The predicted octanol–water partition coefficient (Wildman–Crippen LogP) is 1.21. The second kappa shape index (κ2) is 5.12. The van der Waals surface area contributed by atoms with E-state index in [2.05, 4.69) is 15.5 Å². The predicted molar refractivity (Wildman–Crippen MR) is 69.1 cm³/mol. The van der Waals surface area contributed by atoms with Gasteiger partial charge in [-0.15, -0.1) is 5.10 Å². The summed E-state index contributed by atoms with van der Waals surface area (Å²) in [5.74, 6) is 0.201. The number of hydrogen-bond acceptors (Lipinski definition) is 5. The smallest absolute Gasteiger partial charge is 0.311 e. The first-order chi connectivity index (χ1) is 9.62. The van der Waals surface area contributed by atoms with E-state index in [-0.39, 0.29) is 12.0 Å². The van der Waals surface area contributed by atoms with Crippen LogP contribution in [0.2, 0.25) is 0 Å². The van der Waals surface area contributed by atoms with Gasteiger partial charge in [-0.1, -0.05) is 12.8 Å². The summed E-state index contributed by atoms with van der Waals surface area (Å²) in [6.45, 7) is 3.09. The van der Waals surface area contributed by atoms with Crippen LogP contribution < -0.4 is 0 Å². The van der Waals surface area contributed by atoms with E-state index in [1.807, 2.05) is 6.92 Å². The Morgan fingerprint density at radius 2 is 2.25 bits per heavy atom. The van der Waals surface area contributed by atoms with Crippen molar-refractivity contribution in [2.45, 2.75) is 57.6 Å². The van der Waals surface area contributed by atoms with Crippen molar-refractivity contribution >= 4 is 5.97 Å². The number of carboxylic acid groups (broad SMARTS) is 1. The number of nitrogens with zero attached hydrogens (tertiary/aromatic N) is 4. The van der Waals surface area contributed by atoms with Crippen LogP contribution in [0.3, 0.4) is 0 Å². The molecule has 0 radical (unpaired) electrons. The number of rotatable bonds is 4. The fourth-order valence-electron chi connectivity index (χ4n) is 3.44. The molecule has 1 saturated carbocycles. The number of hydrogen-bond donors (Lipinski definition) is 1. The van der Waals surface area contributed by atoms with Gasteiger partial charge in [0.2, 0.25) is 0 Å². The number of aliphatic carboxylic acids is 1. The van der Waals surface area contributed by atoms with E-state index in [4.69, 9.17) is 4.74 Å². The Labute approximate surface area is 117 Å². The molecule has 110 valence electrons. The van der Waals surface area contributed by atoms with Crippen molar-refractivity contribution in [3.8, 4) is 0 Å². The van der Waals surface area contributed by atoms with Crippen molar-refractivity contribution in [3.63, 3.8) is 0 Å². The third kappa shape index (κ3) is 2.19. The molecule has 1 saturated heterocycles. The Hall–Kier alpha value is -1.50. The lowest BCUT2D eigenvalue weighted by Crippen LogP contribution is -2.34. The summed E-state index contributed by atoms with van der Waals surface area (Å²) in [6.07, 6.45) is 4.32. The van der Waals surface area contributed by atoms with Gasteiger partial charge >= 0.3 is 5.97 Å². The van der Waals surface area contributed by atoms with E-state index in [9.17, 15) is 9.90 Å². The van der Waals surface area contributed by atoms with Crippen LogP contribution in [0.25, 0.3) is 0 Å². The third-order valence-electron chi connectivity index (χ3n) is 4.73. The zero-order valence-electron chi connectivity index (χ0n) is 11.7. The van der Waals surface area contributed by atoms with Gasteiger partial charge in [0.05, 0.1) is 18.1 Å². The summed E-state index contributed by atoms with van der Waals surface area (Å²) < 4.78 is 7.25. The van der Waals surface area contributed by atoms with Crippen LogP contribution >= 0.6 is 0 Å². The number of carbonyl (C=O) groups is 1. The average Bonchev–Trinajstić information content (AvgIpc) is 3.11. The Bertz CT molecular complexity index is 496. The fourth-order valence-corrected chi connectivity index (χ4v) is 3.44. The van der Waals surface area contributed by atoms with Gasteiger partial charge in [-0.05, 0) is 36.6 Å². The minimum atomic E-state index is -0.729. The van der Waals surface area contributed by atoms with E-state index in [1.165, 1.54) is 0 Å². The largest absolute Gasteiger partial charge is 0.481 e. The Morgan fingerprint density at radius 1 is 1.50 bits per heavy atom. The van der Waals surface area contributed by atoms with Gasteiger partial charge in [0.15, 0.2) is 5.82 Å². The van der Waals surface area contributed by atoms with Gasteiger partial charge < -0.3 is 9.84 Å². The number of tetrazole rings is 1. The lowest BCUT2D eigenvalue weighted by molar-refractivity contribution is -0.149. The standard InChI is InChI=1S/C13H20N4O3/c1-9-10(4-7-20-9)11-14-15-16-17(11)8-13(12(18)19)5-2-3-6-13/h9-10H,2-8H2,1H3,(H,18,19). The lowest BCUT2D eigenvalue weighted by Gasteiger charge is -2.24. The van der Waals surface area contributed by atoms with Crippen LogP contribution in [-0.4, -0.2) is 44.0 Å². The minimum Gasteiger partial charge on any atom is -0.481 e. The molecular weight excluding hydrogens is 260 g/mol. The second-order valence-electron chi connectivity index (χ2n) is 5.96. The quantitative estimate of drug-likeness (QED) is 0.891. The maximum absolute atomic E-state index is 11.6. The molecule has 1 N–H and O–H groups in total. The van der Waals surface area contributed by atoms with E-state index in [1.54, 1.807) is 4.68 Å². The molecule has 2 atom stereocenters. The molecule has 0 spiro atoms. The van der Waals surface area contributed by atoms with Gasteiger partial charge in [-0.2, -0.15) is 0 Å². The minimum absolute atomic E-state index is 0.0871. The molecule has 3 rings (SSSR count). The monoisotopic (exact) mass is 280 g/mol. The highest BCUT2D eigenvalue weighted by atomic mass is 16.5. The molecule has 7 nitrogen and oxygen atoms in total. The summed E-state index contributed by atoms with van der Waals surface area (Å²) in [5, 5.41) is 21.4. The Kier molecular flexibility index (Phi) is 3.45. The molecule has 1 aromatic heterocycles. The molecule has 2 unspecified atom stereocenters. The van der Waals surface area contributed by atoms with Gasteiger partial charge in [0.1, 0.15) is 0 Å². The summed E-state index contributed by atoms with van der Waals surface area (Å²) in [4.78, 5) is 11.6. The van der Waals surface area contributed by atoms with Gasteiger partial charge in [0.25, 0.3) is 0 Å². The van der Waals surface area contributed by atoms with Crippen molar-refractivity contribution in [1.29, 1.82) is 0 Å². The van der Waals surface area contributed by atoms with Crippen LogP contribution in [0, 0.1) is 5.41 Å². The molecule has 2 fully saturated rings. The van der Waals surface area contributed by atoms with Crippen molar-refractivity contribution < 1.29 is 14.6 Å². The first-order valence-electron chi connectivity index (χ1n) is 7.23. The Balaban J connectivity index is 1.84. The van der Waals surface area contributed by atoms with Crippen molar-refractivity contribution in [1.82, 2.24) is 20.2 Å². The molecule has 2 aliphatic rings. The van der Waals surface area contributed by atoms with Crippen LogP contribution in [0.5, 0.6) is 0 Å². The normalized spacial score (nSPS) is 28.9. The Morgan fingerprint density at radius 3 is 2.85 bits per heavy atom. The zero-order valence-corrected chi connectivity index (χ0v) is 11.7. The van der Waals surface area contributed by atoms with Crippen LogP contribution in [0.4, 0.5) is 0 Å². The van der Waals surface area contributed by atoms with Crippen LogP contribution in [0.1, 0.15) is 50.8 Å². The molecule has 1 aliphatic carbocycles. The van der Waals surface area contributed by atoms with Gasteiger partial charge in [-0.25, -0.2) is 4.68 Å². The van der Waals surface area contributed by atoms with Gasteiger partial charge in [-0.3, -0.25) is 4.79 Å². The molecule has 7 heteroatoms. The second-order valence-corrected chi connectivity index (χ2v) is 5.96. The molecule has 0 aromatic carbocycles.